The monoisotopic (exact) mass is 310 g/mol. The summed E-state index contributed by atoms with van der Waals surface area (Å²) in [7, 11) is 0. The van der Waals surface area contributed by atoms with Gasteiger partial charge in [0.1, 0.15) is 0 Å². The van der Waals surface area contributed by atoms with Crippen LogP contribution in [-0.4, -0.2) is 18.6 Å². The maximum atomic E-state index is 5.86. The van der Waals surface area contributed by atoms with Crippen LogP contribution in [0.4, 0.5) is 5.69 Å². The number of piperidine rings is 1. The largest absolute Gasteiger partial charge is 0.369 e. The molecule has 0 aromatic heterocycles. The number of benzene rings is 1. The molecule has 1 saturated heterocycles. The molecule has 0 bridgehead atoms. The van der Waals surface area contributed by atoms with E-state index in [-0.39, 0.29) is 6.04 Å². The van der Waals surface area contributed by atoms with Crippen molar-refractivity contribution in [3.63, 3.8) is 0 Å². The van der Waals surface area contributed by atoms with Crippen molar-refractivity contribution in [1.82, 2.24) is 0 Å². The first kappa shape index (κ1) is 13.9. The Balaban J connectivity index is 2.17. The van der Waals surface area contributed by atoms with Gasteiger partial charge in [0.2, 0.25) is 0 Å². The molecular formula is C15H23BrN2. The van der Waals surface area contributed by atoms with Gasteiger partial charge in [-0.25, -0.2) is 0 Å². The van der Waals surface area contributed by atoms with E-state index in [1.807, 2.05) is 6.92 Å². The first-order chi connectivity index (χ1) is 8.58. The summed E-state index contributed by atoms with van der Waals surface area (Å²) in [4.78, 5) is 2.52. The van der Waals surface area contributed by atoms with Gasteiger partial charge in [0.05, 0.1) is 0 Å². The SMILES string of the molecule is CC(N)Cc1ccc(N2CCCCC2C)cc1Br. The molecule has 0 radical (unpaired) electrons. The molecule has 1 aliphatic heterocycles. The van der Waals surface area contributed by atoms with Gasteiger partial charge in [-0.1, -0.05) is 22.0 Å². The fraction of sp³-hybridized carbons (Fsp3) is 0.600. The smallest absolute Gasteiger partial charge is 0.0380 e. The lowest BCUT2D eigenvalue weighted by molar-refractivity contribution is 0.485. The number of halogens is 1. The molecule has 2 atom stereocenters. The number of nitrogens with zero attached hydrogens (tertiary/aromatic N) is 1. The fourth-order valence-corrected chi connectivity index (χ4v) is 3.24. The molecule has 2 unspecified atom stereocenters. The number of anilines is 1. The summed E-state index contributed by atoms with van der Waals surface area (Å²) in [5.41, 5.74) is 8.50. The molecule has 1 fully saturated rings. The van der Waals surface area contributed by atoms with Crippen molar-refractivity contribution in [1.29, 1.82) is 0 Å². The van der Waals surface area contributed by atoms with Gasteiger partial charge in [0.15, 0.2) is 0 Å². The Morgan fingerprint density at radius 1 is 1.44 bits per heavy atom. The van der Waals surface area contributed by atoms with Crippen LogP contribution in [-0.2, 0) is 6.42 Å². The van der Waals surface area contributed by atoms with Crippen LogP contribution in [0.3, 0.4) is 0 Å². The number of hydrogen-bond acceptors (Lipinski definition) is 2. The van der Waals surface area contributed by atoms with Gasteiger partial charge >= 0.3 is 0 Å². The molecule has 18 heavy (non-hydrogen) atoms. The van der Waals surface area contributed by atoms with E-state index in [9.17, 15) is 0 Å². The lowest BCUT2D eigenvalue weighted by atomic mass is 10.0. The van der Waals surface area contributed by atoms with Gasteiger partial charge in [-0.3, -0.25) is 0 Å². The Morgan fingerprint density at radius 2 is 2.22 bits per heavy atom. The molecule has 0 aliphatic carbocycles. The van der Waals surface area contributed by atoms with E-state index < -0.39 is 0 Å². The molecule has 2 N–H and O–H groups in total. The second-order valence-corrected chi connectivity index (χ2v) is 6.35. The highest BCUT2D eigenvalue weighted by Crippen LogP contribution is 2.29. The van der Waals surface area contributed by atoms with E-state index in [0.717, 1.165) is 6.42 Å². The quantitative estimate of drug-likeness (QED) is 0.922. The summed E-state index contributed by atoms with van der Waals surface area (Å²) in [5.74, 6) is 0. The van der Waals surface area contributed by atoms with Gasteiger partial charge in [-0.2, -0.15) is 0 Å². The van der Waals surface area contributed by atoms with Crippen molar-refractivity contribution < 1.29 is 0 Å². The van der Waals surface area contributed by atoms with Gasteiger partial charge in [-0.05, 0) is 57.2 Å². The maximum absolute atomic E-state index is 5.86. The maximum Gasteiger partial charge on any atom is 0.0380 e. The summed E-state index contributed by atoms with van der Waals surface area (Å²) in [6.07, 6.45) is 4.90. The Bertz CT molecular complexity index is 403. The summed E-state index contributed by atoms with van der Waals surface area (Å²) in [6.45, 7) is 5.55. The highest BCUT2D eigenvalue weighted by atomic mass is 79.9. The fourth-order valence-electron chi connectivity index (χ4n) is 2.71. The number of nitrogens with two attached hydrogens (primary N) is 1. The Kier molecular flexibility index (Phi) is 4.68. The van der Waals surface area contributed by atoms with Gasteiger partial charge in [0, 0.05) is 28.8 Å². The lowest BCUT2D eigenvalue weighted by Crippen LogP contribution is -2.37. The van der Waals surface area contributed by atoms with Crippen molar-refractivity contribution >= 4 is 21.6 Å². The molecule has 0 amide bonds. The van der Waals surface area contributed by atoms with Crippen LogP contribution in [0.1, 0.15) is 38.7 Å². The van der Waals surface area contributed by atoms with E-state index >= 15 is 0 Å². The molecule has 1 aromatic rings. The third-order valence-corrected chi connectivity index (χ3v) is 4.45. The molecule has 3 heteroatoms. The zero-order valence-corrected chi connectivity index (χ0v) is 12.9. The molecular weight excluding hydrogens is 288 g/mol. The molecule has 100 valence electrons. The molecule has 1 heterocycles. The predicted molar refractivity (Wildman–Crippen MR) is 82.2 cm³/mol. The minimum atomic E-state index is 0.209. The Hall–Kier alpha value is -0.540. The van der Waals surface area contributed by atoms with Crippen LogP contribution in [0.25, 0.3) is 0 Å². The zero-order valence-electron chi connectivity index (χ0n) is 11.3. The second kappa shape index (κ2) is 6.07. The number of rotatable bonds is 3. The van der Waals surface area contributed by atoms with E-state index in [1.54, 1.807) is 0 Å². The molecule has 1 aromatic carbocycles. The molecule has 1 aliphatic rings. The van der Waals surface area contributed by atoms with Crippen molar-refractivity contribution in [2.45, 2.75) is 51.6 Å². The van der Waals surface area contributed by atoms with Crippen LogP contribution in [0, 0.1) is 0 Å². The summed E-state index contributed by atoms with van der Waals surface area (Å²) < 4.78 is 1.19. The van der Waals surface area contributed by atoms with E-state index in [1.165, 1.54) is 41.5 Å². The first-order valence-electron chi connectivity index (χ1n) is 6.88. The third kappa shape index (κ3) is 3.27. The van der Waals surface area contributed by atoms with Gasteiger partial charge in [-0.15, -0.1) is 0 Å². The van der Waals surface area contributed by atoms with Crippen LogP contribution in [0.2, 0.25) is 0 Å². The highest BCUT2D eigenvalue weighted by Gasteiger charge is 2.19. The van der Waals surface area contributed by atoms with Gasteiger partial charge < -0.3 is 10.6 Å². The Labute approximate surface area is 119 Å². The Morgan fingerprint density at radius 3 is 2.83 bits per heavy atom. The van der Waals surface area contributed by atoms with Crippen LogP contribution in [0.5, 0.6) is 0 Å². The third-order valence-electron chi connectivity index (χ3n) is 3.71. The van der Waals surface area contributed by atoms with Gasteiger partial charge in [0.25, 0.3) is 0 Å². The van der Waals surface area contributed by atoms with E-state index in [2.05, 4.69) is 46.0 Å². The minimum Gasteiger partial charge on any atom is -0.369 e. The van der Waals surface area contributed by atoms with Crippen molar-refractivity contribution in [2.75, 3.05) is 11.4 Å². The standard InChI is InChI=1S/C15H23BrN2/c1-11(17)9-13-6-7-14(10-15(13)16)18-8-4-3-5-12(18)2/h6-7,10-12H,3-5,8-9,17H2,1-2H3. The van der Waals surface area contributed by atoms with Crippen molar-refractivity contribution in [2.24, 2.45) is 5.73 Å². The van der Waals surface area contributed by atoms with E-state index in [4.69, 9.17) is 5.73 Å². The summed E-state index contributed by atoms with van der Waals surface area (Å²) in [6, 6.07) is 7.57. The second-order valence-electron chi connectivity index (χ2n) is 5.50. The average molecular weight is 311 g/mol. The van der Waals surface area contributed by atoms with Crippen LogP contribution < -0.4 is 10.6 Å². The van der Waals surface area contributed by atoms with Crippen LogP contribution >= 0.6 is 15.9 Å². The van der Waals surface area contributed by atoms with Crippen LogP contribution in [0.15, 0.2) is 22.7 Å². The summed E-state index contributed by atoms with van der Waals surface area (Å²) in [5, 5.41) is 0. The highest BCUT2D eigenvalue weighted by molar-refractivity contribution is 9.10. The topological polar surface area (TPSA) is 29.3 Å². The zero-order chi connectivity index (χ0) is 13.1. The molecule has 2 rings (SSSR count). The van der Waals surface area contributed by atoms with E-state index in [0.29, 0.717) is 6.04 Å². The van der Waals surface area contributed by atoms with Crippen molar-refractivity contribution in [3.05, 3.63) is 28.2 Å². The average Bonchev–Trinajstić information content (AvgIpc) is 2.32. The minimum absolute atomic E-state index is 0.209. The normalized spacial score (nSPS) is 22.0. The molecule has 2 nitrogen and oxygen atoms in total. The van der Waals surface area contributed by atoms with Crippen molar-refractivity contribution in [3.8, 4) is 0 Å². The summed E-state index contributed by atoms with van der Waals surface area (Å²) >= 11 is 3.68. The molecule has 0 spiro atoms. The number of hydrogen-bond donors (Lipinski definition) is 1. The molecule has 0 saturated carbocycles. The first-order valence-corrected chi connectivity index (χ1v) is 7.68. The lowest BCUT2D eigenvalue weighted by Gasteiger charge is -2.35. The predicted octanol–water partition coefficient (Wildman–Crippen LogP) is 3.72.